The number of hydrogen-bond acceptors (Lipinski definition) is 4. The molecule has 1 saturated heterocycles. The number of nitrogens with one attached hydrogen (secondary N) is 1. The topological polar surface area (TPSA) is 82.4 Å². The Bertz CT molecular complexity index is 975. The van der Waals surface area contributed by atoms with Gasteiger partial charge in [0.2, 0.25) is 0 Å². The van der Waals surface area contributed by atoms with E-state index in [4.69, 9.17) is 21.6 Å². The minimum atomic E-state index is -0.594. The van der Waals surface area contributed by atoms with E-state index in [2.05, 4.69) is 11.4 Å². The number of carbonyl (C=O) groups excluding carboxylic acids is 2. The zero-order valence-electron chi connectivity index (χ0n) is 17.7. The molecule has 31 heavy (non-hydrogen) atoms. The van der Waals surface area contributed by atoms with E-state index >= 15 is 0 Å². The fourth-order valence-corrected chi connectivity index (χ4v) is 3.74. The van der Waals surface area contributed by atoms with E-state index in [1.165, 1.54) is 5.56 Å². The van der Waals surface area contributed by atoms with Gasteiger partial charge < -0.3 is 9.64 Å². The molecule has 2 amide bonds. The van der Waals surface area contributed by atoms with Crippen LogP contribution in [0.5, 0.6) is 0 Å². The zero-order chi connectivity index (χ0) is 22.4. The van der Waals surface area contributed by atoms with Gasteiger partial charge in [0.25, 0.3) is 5.91 Å². The van der Waals surface area contributed by atoms with E-state index in [1.807, 2.05) is 43.0 Å². The van der Waals surface area contributed by atoms with Crippen LogP contribution in [-0.4, -0.2) is 36.6 Å². The van der Waals surface area contributed by atoms with Gasteiger partial charge in [0, 0.05) is 18.7 Å². The van der Waals surface area contributed by atoms with Crippen molar-refractivity contribution in [3.8, 4) is 6.07 Å². The molecule has 0 aliphatic carbocycles. The number of amides is 2. The summed E-state index contributed by atoms with van der Waals surface area (Å²) in [6, 6.07) is 14.7. The Morgan fingerprint density at radius 3 is 2.48 bits per heavy atom. The van der Waals surface area contributed by atoms with Crippen molar-refractivity contribution in [2.45, 2.75) is 32.6 Å². The Hall–Kier alpha value is -3.04. The molecule has 0 aromatic heterocycles. The minimum absolute atomic E-state index is 0.0893. The van der Waals surface area contributed by atoms with Gasteiger partial charge in [-0.05, 0) is 60.6 Å². The van der Waals surface area contributed by atoms with E-state index in [0.717, 1.165) is 12.8 Å². The predicted molar refractivity (Wildman–Crippen MR) is 120 cm³/mol. The molecule has 0 saturated carbocycles. The van der Waals surface area contributed by atoms with Crippen molar-refractivity contribution in [1.82, 2.24) is 4.90 Å². The minimum Gasteiger partial charge on any atom is -0.449 e. The van der Waals surface area contributed by atoms with E-state index in [1.54, 1.807) is 18.2 Å². The fourth-order valence-electron chi connectivity index (χ4n) is 3.57. The lowest BCUT2D eigenvalue weighted by molar-refractivity contribution is 0.0713. The van der Waals surface area contributed by atoms with Crippen molar-refractivity contribution in [1.29, 1.82) is 5.26 Å². The smallest absolute Gasteiger partial charge is 0.411 e. The summed E-state index contributed by atoms with van der Waals surface area (Å²) in [6.07, 6.45) is 1.12. The van der Waals surface area contributed by atoms with Crippen molar-refractivity contribution in [3.05, 3.63) is 64.2 Å². The summed E-state index contributed by atoms with van der Waals surface area (Å²) in [7, 11) is 0. The highest BCUT2D eigenvalue weighted by atomic mass is 35.5. The van der Waals surface area contributed by atoms with Gasteiger partial charge in [-0.2, -0.15) is 5.26 Å². The number of benzene rings is 2. The molecule has 1 N–H and O–H groups in total. The van der Waals surface area contributed by atoms with E-state index in [9.17, 15) is 9.59 Å². The van der Waals surface area contributed by atoms with Gasteiger partial charge in [0.05, 0.1) is 28.9 Å². The molecule has 1 heterocycles. The number of nitrogens with zero attached hydrogens (tertiary/aromatic N) is 2. The maximum atomic E-state index is 13.0. The molecular formula is C24H26ClN3O3. The molecule has 162 valence electrons. The van der Waals surface area contributed by atoms with Gasteiger partial charge in [0.15, 0.2) is 0 Å². The molecule has 6 nitrogen and oxygen atoms in total. The molecule has 0 radical (unpaired) electrons. The molecule has 1 aliphatic rings. The summed E-state index contributed by atoms with van der Waals surface area (Å²) in [6.45, 7) is 5.49. The predicted octanol–water partition coefficient (Wildman–Crippen LogP) is 5.44. The molecule has 1 fully saturated rings. The largest absolute Gasteiger partial charge is 0.449 e. The Morgan fingerprint density at radius 2 is 1.87 bits per heavy atom. The average molecular weight is 440 g/mol. The fraction of sp³-hybridized carbons (Fsp3) is 0.375. The van der Waals surface area contributed by atoms with Crippen LogP contribution >= 0.6 is 11.6 Å². The summed E-state index contributed by atoms with van der Waals surface area (Å²) in [5, 5.41) is 11.9. The van der Waals surface area contributed by atoms with Gasteiger partial charge in [-0.15, -0.1) is 0 Å². The number of carbonyl (C=O) groups is 2. The van der Waals surface area contributed by atoms with Crippen LogP contribution in [0.1, 0.15) is 54.1 Å². The first-order chi connectivity index (χ1) is 14.9. The van der Waals surface area contributed by atoms with Crippen LogP contribution in [0.3, 0.4) is 0 Å². The van der Waals surface area contributed by atoms with Gasteiger partial charge in [0.1, 0.15) is 0 Å². The number of rotatable bonds is 5. The maximum Gasteiger partial charge on any atom is 0.411 e. The highest BCUT2D eigenvalue weighted by Crippen LogP contribution is 2.30. The van der Waals surface area contributed by atoms with E-state index in [0.29, 0.717) is 47.5 Å². The highest BCUT2D eigenvalue weighted by Gasteiger charge is 2.25. The molecule has 0 bridgehead atoms. The van der Waals surface area contributed by atoms with Crippen LogP contribution in [0.2, 0.25) is 5.02 Å². The Kier molecular flexibility index (Phi) is 7.54. The first kappa shape index (κ1) is 22.6. The number of hydrogen-bond donors (Lipinski definition) is 1. The Balaban J connectivity index is 1.61. The first-order valence-corrected chi connectivity index (χ1v) is 10.8. The number of ether oxygens (including phenoxy) is 1. The highest BCUT2D eigenvalue weighted by molar-refractivity contribution is 6.33. The second kappa shape index (κ2) is 10.3. The van der Waals surface area contributed by atoms with E-state index < -0.39 is 6.09 Å². The number of nitriles is 1. The standard InChI is InChI=1S/C24H26ClN3O3/c1-16(2)15-31-24(30)27-22-13-20(7-8-21(22)25)23(29)28-11-9-19(10-12-28)18-5-3-17(14-26)4-6-18/h3-8,13,16,19H,9-12,15H2,1-2H3,(H,27,30). The van der Waals surface area contributed by atoms with Crippen molar-refractivity contribution in [2.75, 3.05) is 25.0 Å². The molecule has 7 heteroatoms. The van der Waals surface area contributed by atoms with Crippen LogP contribution in [0, 0.1) is 17.2 Å². The summed E-state index contributed by atoms with van der Waals surface area (Å²) in [5.41, 5.74) is 2.68. The number of likely N-dealkylation sites (tertiary alicyclic amines) is 1. The lowest BCUT2D eigenvalue weighted by Gasteiger charge is -2.32. The van der Waals surface area contributed by atoms with Gasteiger partial charge in [-0.25, -0.2) is 4.79 Å². The van der Waals surface area contributed by atoms with Crippen molar-refractivity contribution in [3.63, 3.8) is 0 Å². The second-order valence-corrected chi connectivity index (χ2v) is 8.52. The zero-order valence-corrected chi connectivity index (χ0v) is 18.5. The van der Waals surface area contributed by atoms with E-state index in [-0.39, 0.29) is 11.8 Å². The lowest BCUT2D eigenvalue weighted by Crippen LogP contribution is -2.38. The molecule has 0 spiro atoms. The number of anilines is 1. The summed E-state index contributed by atoms with van der Waals surface area (Å²) >= 11 is 6.19. The van der Waals surface area contributed by atoms with Crippen LogP contribution in [0.15, 0.2) is 42.5 Å². The SMILES string of the molecule is CC(C)COC(=O)Nc1cc(C(=O)N2CCC(c3ccc(C#N)cc3)CC2)ccc1Cl. The monoisotopic (exact) mass is 439 g/mol. The average Bonchev–Trinajstić information content (AvgIpc) is 2.79. The third-order valence-electron chi connectivity index (χ3n) is 5.29. The maximum absolute atomic E-state index is 13.0. The molecule has 3 rings (SSSR count). The van der Waals surface area contributed by atoms with Crippen LogP contribution < -0.4 is 5.32 Å². The van der Waals surface area contributed by atoms with Crippen LogP contribution in [0.4, 0.5) is 10.5 Å². The van der Waals surface area contributed by atoms with Gasteiger partial charge in [-0.3, -0.25) is 10.1 Å². The summed E-state index contributed by atoms with van der Waals surface area (Å²) in [4.78, 5) is 26.8. The second-order valence-electron chi connectivity index (χ2n) is 8.11. The molecule has 0 unspecified atom stereocenters. The normalized spacial score (nSPS) is 14.2. The Morgan fingerprint density at radius 1 is 1.19 bits per heavy atom. The Labute approximate surface area is 187 Å². The first-order valence-electron chi connectivity index (χ1n) is 10.4. The third kappa shape index (κ3) is 5.99. The van der Waals surface area contributed by atoms with Gasteiger partial charge in [-0.1, -0.05) is 37.6 Å². The molecule has 2 aromatic carbocycles. The van der Waals surface area contributed by atoms with Crippen LogP contribution in [0.25, 0.3) is 0 Å². The van der Waals surface area contributed by atoms with Crippen molar-refractivity contribution >= 4 is 29.3 Å². The summed E-state index contributed by atoms with van der Waals surface area (Å²) in [5.74, 6) is 0.504. The van der Waals surface area contributed by atoms with Crippen LogP contribution in [-0.2, 0) is 4.74 Å². The van der Waals surface area contributed by atoms with Crippen molar-refractivity contribution < 1.29 is 14.3 Å². The number of halogens is 1. The molecular weight excluding hydrogens is 414 g/mol. The third-order valence-corrected chi connectivity index (χ3v) is 5.62. The molecule has 2 aromatic rings. The van der Waals surface area contributed by atoms with Gasteiger partial charge >= 0.3 is 6.09 Å². The van der Waals surface area contributed by atoms with Crippen molar-refractivity contribution in [2.24, 2.45) is 5.92 Å². The molecule has 1 aliphatic heterocycles. The number of piperidine rings is 1. The summed E-state index contributed by atoms with van der Waals surface area (Å²) < 4.78 is 5.13. The quantitative estimate of drug-likeness (QED) is 0.672. The lowest BCUT2D eigenvalue weighted by atomic mass is 9.89. The molecule has 0 atom stereocenters.